The number of H-pyrrole nitrogens is 1. The van der Waals surface area contributed by atoms with Gasteiger partial charge in [0.05, 0.1) is 11.3 Å². The maximum atomic E-state index is 4.71. The maximum absolute atomic E-state index is 4.71. The summed E-state index contributed by atoms with van der Waals surface area (Å²) in [7, 11) is 2.05. The predicted octanol–water partition coefficient (Wildman–Crippen LogP) is 2.43. The summed E-state index contributed by atoms with van der Waals surface area (Å²) in [6.07, 6.45) is 2.87. The summed E-state index contributed by atoms with van der Waals surface area (Å²) in [6, 6.07) is 0. The Hall–Kier alpha value is -2.00. The molecule has 0 spiro atoms. The Balaban J connectivity index is 1.72. The molecule has 0 radical (unpaired) electrons. The molecule has 7 nitrogen and oxygen atoms in total. The second kappa shape index (κ2) is 4.78. The van der Waals surface area contributed by atoms with Crippen molar-refractivity contribution in [2.45, 2.75) is 13.3 Å². The minimum absolute atomic E-state index is 0.617. The summed E-state index contributed by atoms with van der Waals surface area (Å²) in [5, 5.41) is 12.2. The molecule has 3 aromatic rings. The van der Waals surface area contributed by atoms with Gasteiger partial charge in [0.1, 0.15) is 5.01 Å². The van der Waals surface area contributed by atoms with Crippen LogP contribution in [-0.4, -0.2) is 38.1 Å². The van der Waals surface area contributed by atoms with Crippen molar-refractivity contribution in [2.24, 2.45) is 0 Å². The Morgan fingerprint density at radius 3 is 3.10 bits per heavy atom. The van der Waals surface area contributed by atoms with E-state index < -0.39 is 0 Å². The highest BCUT2D eigenvalue weighted by molar-refractivity contribution is 7.16. The van der Waals surface area contributed by atoms with Crippen molar-refractivity contribution in [1.29, 1.82) is 0 Å². The molecule has 0 atom stereocenters. The Kier molecular flexibility index (Phi) is 2.89. The van der Waals surface area contributed by atoms with E-state index in [-0.39, 0.29) is 0 Å². The molecule has 0 aromatic carbocycles. The first-order valence-electron chi connectivity index (χ1n) is 6.53. The Labute approximate surface area is 129 Å². The van der Waals surface area contributed by atoms with Crippen molar-refractivity contribution in [3.8, 4) is 11.3 Å². The first-order chi connectivity index (χ1) is 10.2. The van der Waals surface area contributed by atoms with Gasteiger partial charge in [0.15, 0.2) is 10.9 Å². The van der Waals surface area contributed by atoms with Crippen LogP contribution in [0, 0.1) is 6.92 Å². The van der Waals surface area contributed by atoms with Crippen LogP contribution < -0.4 is 10.2 Å². The van der Waals surface area contributed by atoms with E-state index in [2.05, 4.69) is 36.8 Å². The third kappa shape index (κ3) is 2.18. The predicted molar refractivity (Wildman–Crippen MR) is 84.6 cm³/mol. The number of aromatic amines is 1. The van der Waals surface area contributed by atoms with Crippen LogP contribution in [0.1, 0.15) is 9.88 Å². The average molecular weight is 319 g/mol. The van der Waals surface area contributed by atoms with Crippen molar-refractivity contribution >= 4 is 39.8 Å². The Morgan fingerprint density at radius 2 is 2.29 bits per heavy atom. The van der Waals surface area contributed by atoms with Gasteiger partial charge < -0.3 is 4.90 Å². The molecule has 4 rings (SSSR count). The van der Waals surface area contributed by atoms with E-state index in [9.17, 15) is 0 Å². The lowest BCUT2D eigenvalue weighted by atomic mass is 10.2. The average Bonchev–Trinajstić information content (AvgIpc) is 3.15. The standard InChI is InChI=1S/C12H13N7S2/c1-6-14-11(18-21-6)16-12-15-9-7-5-13-17-10(7)19(2)4-3-8(9)20-12/h5H,3-4H2,1-2H3,(H,13,17)(H,15,16,18). The third-order valence-corrected chi connectivity index (χ3v) is 5.01. The second-order valence-electron chi connectivity index (χ2n) is 4.85. The summed E-state index contributed by atoms with van der Waals surface area (Å²) >= 11 is 3.04. The molecular formula is C12H13N7S2. The molecule has 0 amide bonds. The van der Waals surface area contributed by atoms with Crippen molar-refractivity contribution in [3.05, 3.63) is 16.1 Å². The fraction of sp³-hybridized carbons (Fsp3) is 0.333. The zero-order chi connectivity index (χ0) is 14.4. The molecule has 9 heteroatoms. The van der Waals surface area contributed by atoms with Crippen molar-refractivity contribution in [2.75, 3.05) is 23.8 Å². The molecule has 1 aliphatic rings. The molecule has 2 N–H and O–H groups in total. The summed E-state index contributed by atoms with van der Waals surface area (Å²) in [5.74, 6) is 1.57. The molecule has 108 valence electrons. The maximum Gasteiger partial charge on any atom is 0.241 e. The summed E-state index contributed by atoms with van der Waals surface area (Å²) < 4.78 is 4.24. The highest BCUT2D eigenvalue weighted by Crippen LogP contribution is 2.38. The molecule has 3 aromatic heterocycles. The van der Waals surface area contributed by atoms with Crippen LogP contribution >= 0.6 is 22.9 Å². The Bertz CT molecular complexity index is 787. The number of fused-ring (bicyclic) bond motifs is 3. The fourth-order valence-electron chi connectivity index (χ4n) is 2.35. The highest BCUT2D eigenvalue weighted by Gasteiger charge is 2.24. The number of anilines is 3. The normalized spacial score (nSPS) is 13.7. The van der Waals surface area contributed by atoms with Crippen LogP contribution in [0.2, 0.25) is 0 Å². The quantitative estimate of drug-likeness (QED) is 0.755. The number of aromatic nitrogens is 5. The third-order valence-electron chi connectivity index (χ3n) is 3.35. The number of hydrogen-bond donors (Lipinski definition) is 2. The summed E-state index contributed by atoms with van der Waals surface area (Å²) in [4.78, 5) is 12.4. The number of nitrogens with one attached hydrogen (secondary N) is 2. The minimum Gasteiger partial charge on any atom is -0.357 e. The van der Waals surface area contributed by atoms with E-state index in [0.717, 1.165) is 40.2 Å². The SMILES string of the molecule is Cc1nc(Nc2nc3c(s2)CCN(C)c2n[nH]cc2-3)ns1. The molecule has 0 unspecified atom stereocenters. The lowest BCUT2D eigenvalue weighted by Crippen LogP contribution is -2.19. The monoisotopic (exact) mass is 319 g/mol. The molecule has 0 saturated heterocycles. The van der Waals surface area contributed by atoms with E-state index in [1.807, 2.05) is 13.1 Å². The number of likely N-dealkylation sites (N-methyl/N-ethyl adjacent to an activating group) is 1. The number of aryl methyl sites for hydroxylation is 1. The number of rotatable bonds is 2. The van der Waals surface area contributed by atoms with E-state index in [1.165, 1.54) is 16.4 Å². The van der Waals surface area contributed by atoms with Crippen LogP contribution in [0.25, 0.3) is 11.3 Å². The summed E-state index contributed by atoms with van der Waals surface area (Å²) in [6.45, 7) is 2.87. The lowest BCUT2D eigenvalue weighted by molar-refractivity contribution is 0.870. The van der Waals surface area contributed by atoms with Gasteiger partial charge in [0, 0.05) is 31.1 Å². The molecule has 4 heterocycles. The van der Waals surface area contributed by atoms with Gasteiger partial charge in [-0.2, -0.15) is 9.47 Å². The molecule has 21 heavy (non-hydrogen) atoms. The van der Waals surface area contributed by atoms with Gasteiger partial charge in [-0.3, -0.25) is 10.4 Å². The van der Waals surface area contributed by atoms with Gasteiger partial charge >= 0.3 is 0 Å². The van der Waals surface area contributed by atoms with Gasteiger partial charge in [-0.15, -0.1) is 11.3 Å². The van der Waals surface area contributed by atoms with Gasteiger partial charge in [-0.25, -0.2) is 9.97 Å². The van der Waals surface area contributed by atoms with Crippen molar-refractivity contribution in [3.63, 3.8) is 0 Å². The van der Waals surface area contributed by atoms with Crippen LogP contribution in [0.3, 0.4) is 0 Å². The van der Waals surface area contributed by atoms with Gasteiger partial charge in [0.2, 0.25) is 5.95 Å². The topological polar surface area (TPSA) is 82.6 Å². The number of thiazole rings is 1. The molecule has 0 aliphatic carbocycles. The molecule has 0 saturated carbocycles. The van der Waals surface area contributed by atoms with Gasteiger partial charge in [-0.1, -0.05) is 0 Å². The number of nitrogens with zero attached hydrogens (tertiary/aromatic N) is 5. The lowest BCUT2D eigenvalue weighted by Gasteiger charge is -2.13. The second-order valence-corrected chi connectivity index (χ2v) is 6.89. The van der Waals surface area contributed by atoms with Crippen LogP contribution in [0.5, 0.6) is 0 Å². The first-order valence-corrected chi connectivity index (χ1v) is 8.12. The molecular weight excluding hydrogens is 306 g/mol. The summed E-state index contributed by atoms with van der Waals surface area (Å²) in [5.41, 5.74) is 2.05. The van der Waals surface area contributed by atoms with Crippen LogP contribution in [-0.2, 0) is 6.42 Å². The van der Waals surface area contributed by atoms with Crippen molar-refractivity contribution in [1.82, 2.24) is 24.5 Å². The van der Waals surface area contributed by atoms with Gasteiger partial charge in [-0.05, 0) is 18.5 Å². The van der Waals surface area contributed by atoms with Crippen LogP contribution in [0.15, 0.2) is 6.20 Å². The Morgan fingerprint density at radius 1 is 1.38 bits per heavy atom. The fourth-order valence-corrected chi connectivity index (χ4v) is 3.74. The zero-order valence-corrected chi connectivity index (χ0v) is 13.2. The smallest absolute Gasteiger partial charge is 0.241 e. The number of hydrogen-bond acceptors (Lipinski definition) is 8. The molecule has 0 fully saturated rings. The minimum atomic E-state index is 0.617. The largest absolute Gasteiger partial charge is 0.357 e. The van der Waals surface area contributed by atoms with E-state index in [1.54, 1.807) is 11.3 Å². The zero-order valence-electron chi connectivity index (χ0n) is 11.5. The van der Waals surface area contributed by atoms with E-state index in [4.69, 9.17) is 4.98 Å². The van der Waals surface area contributed by atoms with E-state index >= 15 is 0 Å². The molecule has 1 aliphatic heterocycles. The highest BCUT2D eigenvalue weighted by atomic mass is 32.1. The van der Waals surface area contributed by atoms with E-state index in [0.29, 0.717) is 5.95 Å². The van der Waals surface area contributed by atoms with Gasteiger partial charge in [0.25, 0.3) is 0 Å². The van der Waals surface area contributed by atoms with Crippen LogP contribution in [0.4, 0.5) is 16.9 Å². The van der Waals surface area contributed by atoms with Crippen molar-refractivity contribution < 1.29 is 0 Å². The first kappa shape index (κ1) is 12.7. The molecule has 0 bridgehead atoms.